The molecule has 1 fully saturated rings. The van der Waals surface area contributed by atoms with Gasteiger partial charge >= 0.3 is 6.09 Å². The minimum Gasteiger partial charge on any atom is -0.444 e. The quantitative estimate of drug-likeness (QED) is 0.720. The number of amides is 1. The first kappa shape index (κ1) is 22.2. The predicted octanol–water partition coefficient (Wildman–Crippen LogP) is 3.73. The molecule has 25 heavy (non-hydrogen) atoms. The van der Waals surface area contributed by atoms with E-state index in [-0.39, 0.29) is 6.09 Å². The highest BCUT2D eigenvalue weighted by molar-refractivity contribution is 5.68. The molecule has 3 atom stereocenters. The summed E-state index contributed by atoms with van der Waals surface area (Å²) in [6.07, 6.45) is 4.17. The summed E-state index contributed by atoms with van der Waals surface area (Å²) in [6.45, 7) is 14.4. The molecule has 0 radical (unpaired) electrons. The lowest BCUT2D eigenvalue weighted by atomic mass is 10.0. The van der Waals surface area contributed by atoms with Gasteiger partial charge < -0.3 is 19.9 Å². The van der Waals surface area contributed by atoms with Gasteiger partial charge in [0.05, 0.1) is 0 Å². The molecule has 0 aliphatic carbocycles. The Kier molecular flexibility index (Phi) is 8.69. The van der Waals surface area contributed by atoms with E-state index in [1.165, 1.54) is 6.42 Å². The van der Waals surface area contributed by atoms with Crippen LogP contribution in [0.2, 0.25) is 0 Å². The van der Waals surface area contributed by atoms with E-state index >= 15 is 0 Å². The van der Waals surface area contributed by atoms with Crippen LogP contribution in [0.4, 0.5) is 4.79 Å². The Labute approximate surface area is 155 Å². The van der Waals surface area contributed by atoms with Crippen LogP contribution in [-0.4, -0.2) is 66.8 Å². The van der Waals surface area contributed by atoms with Crippen molar-refractivity contribution >= 4 is 6.09 Å². The summed E-state index contributed by atoms with van der Waals surface area (Å²) in [5, 5.41) is 3.68. The van der Waals surface area contributed by atoms with E-state index in [9.17, 15) is 4.79 Å². The van der Waals surface area contributed by atoms with Gasteiger partial charge in [-0.1, -0.05) is 13.8 Å². The molecule has 0 bridgehead atoms. The number of hydrogen-bond acceptors (Lipinski definition) is 4. The molecular formula is C20H41N3O2. The van der Waals surface area contributed by atoms with E-state index < -0.39 is 5.60 Å². The third-order valence-electron chi connectivity index (χ3n) is 4.81. The number of likely N-dealkylation sites (tertiary alicyclic amines) is 1. The van der Waals surface area contributed by atoms with Gasteiger partial charge in [-0.15, -0.1) is 0 Å². The molecule has 1 heterocycles. The zero-order valence-electron chi connectivity index (χ0n) is 17.8. The second-order valence-electron chi connectivity index (χ2n) is 9.26. The number of carbonyl (C=O) groups excluding carboxylic acids is 1. The molecule has 0 saturated carbocycles. The van der Waals surface area contributed by atoms with Crippen LogP contribution in [-0.2, 0) is 4.74 Å². The fourth-order valence-electron chi connectivity index (χ4n) is 3.49. The maximum Gasteiger partial charge on any atom is 0.410 e. The summed E-state index contributed by atoms with van der Waals surface area (Å²) in [4.78, 5) is 16.6. The van der Waals surface area contributed by atoms with Gasteiger partial charge in [-0.25, -0.2) is 4.79 Å². The van der Waals surface area contributed by atoms with Crippen molar-refractivity contribution in [2.45, 2.75) is 91.0 Å². The van der Waals surface area contributed by atoms with Crippen molar-refractivity contribution in [3.63, 3.8) is 0 Å². The third kappa shape index (κ3) is 8.41. The Hall–Kier alpha value is -0.810. The zero-order valence-corrected chi connectivity index (χ0v) is 17.8. The second kappa shape index (κ2) is 9.77. The first-order chi connectivity index (χ1) is 11.5. The standard InChI is InChI=1S/C20H41N3O2/c1-15(2)12-18(22(7)8)14-21-16(3)13-17-10-9-11-23(17)19(24)25-20(4,5)6/h15-18,21H,9-14H2,1-8H3. The largest absolute Gasteiger partial charge is 0.444 e. The predicted molar refractivity (Wildman–Crippen MR) is 105 cm³/mol. The van der Waals surface area contributed by atoms with Gasteiger partial charge in [0.2, 0.25) is 0 Å². The van der Waals surface area contributed by atoms with Crippen LogP contribution in [0.1, 0.15) is 67.2 Å². The lowest BCUT2D eigenvalue weighted by molar-refractivity contribution is 0.0214. The molecule has 1 rings (SSSR count). The topological polar surface area (TPSA) is 44.8 Å². The number of nitrogens with one attached hydrogen (secondary N) is 1. The van der Waals surface area contributed by atoms with Crippen molar-refractivity contribution in [3.05, 3.63) is 0 Å². The van der Waals surface area contributed by atoms with Crippen molar-refractivity contribution in [2.75, 3.05) is 27.2 Å². The van der Waals surface area contributed by atoms with Crippen LogP contribution in [0, 0.1) is 5.92 Å². The van der Waals surface area contributed by atoms with Gasteiger partial charge in [0.1, 0.15) is 5.60 Å². The average molecular weight is 356 g/mol. The molecule has 1 aliphatic heterocycles. The van der Waals surface area contributed by atoms with Crippen molar-refractivity contribution in [3.8, 4) is 0 Å². The summed E-state index contributed by atoms with van der Waals surface area (Å²) in [7, 11) is 4.31. The minimum atomic E-state index is -0.427. The molecule has 0 aromatic rings. The Morgan fingerprint density at radius 2 is 1.92 bits per heavy atom. The van der Waals surface area contributed by atoms with Crippen LogP contribution >= 0.6 is 0 Å². The summed E-state index contributed by atoms with van der Waals surface area (Å²) in [5.74, 6) is 0.696. The fourth-order valence-corrected chi connectivity index (χ4v) is 3.49. The maximum absolute atomic E-state index is 12.4. The summed E-state index contributed by atoms with van der Waals surface area (Å²) in [5.41, 5.74) is -0.427. The molecular weight excluding hydrogens is 314 g/mol. The summed E-state index contributed by atoms with van der Waals surface area (Å²) >= 11 is 0. The number of carbonyl (C=O) groups is 1. The monoisotopic (exact) mass is 355 g/mol. The maximum atomic E-state index is 12.4. The first-order valence-corrected chi connectivity index (χ1v) is 9.89. The van der Waals surface area contributed by atoms with E-state index in [4.69, 9.17) is 4.74 Å². The molecule has 0 aromatic heterocycles. The average Bonchev–Trinajstić information content (AvgIpc) is 2.89. The molecule has 1 aliphatic rings. The summed E-state index contributed by atoms with van der Waals surface area (Å²) in [6, 6.07) is 1.23. The van der Waals surface area contributed by atoms with Crippen LogP contribution in [0.3, 0.4) is 0 Å². The highest BCUT2D eigenvalue weighted by Crippen LogP contribution is 2.24. The van der Waals surface area contributed by atoms with Crippen molar-refractivity contribution in [1.82, 2.24) is 15.1 Å². The second-order valence-corrected chi connectivity index (χ2v) is 9.26. The Bertz CT molecular complexity index is 404. The molecule has 0 aromatic carbocycles. The molecule has 3 unspecified atom stereocenters. The van der Waals surface area contributed by atoms with Crippen LogP contribution < -0.4 is 5.32 Å². The number of likely N-dealkylation sites (N-methyl/N-ethyl adjacent to an activating group) is 1. The number of hydrogen-bond donors (Lipinski definition) is 1. The molecule has 1 saturated heterocycles. The van der Waals surface area contributed by atoms with Crippen LogP contribution in [0.5, 0.6) is 0 Å². The molecule has 148 valence electrons. The van der Waals surface area contributed by atoms with E-state index in [1.807, 2.05) is 25.7 Å². The zero-order chi connectivity index (χ0) is 19.2. The number of ether oxygens (including phenoxy) is 1. The van der Waals surface area contributed by atoms with Gasteiger partial charge in [-0.3, -0.25) is 0 Å². The summed E-state index contributed by atoms with van der Waals surface area (Å²) < 4.78 is 5.57. The fraction of sp³-hybridized carbons (Fsp3) is 0.950. The highest BCUT2D eigenvalue weighted by atomic mass is 16.6. The minimum absolute atomic E-state index is 0.159. The van der Waals surface area contributed by atoms with Gasteiger partial charge in [0.15, 0.2) is 0 Å². The van der Waals surface area contributed by atoms with Crippen molar-refractivity contribution < 1.29 is 9.53 Å². The van der Waals surface area contributed by atoms with Crippen molar-refractivity contribution in [1.29, 1.82) is 0 Å². The van der Waals surface area contributed by atoms with Gasteiger partial charge in [0, 0.05) is 31.2 Å². The van der Waals surface area contributed by atoms with E-state index in [0.29, 0.717) is 24.0 Å². The van der Waals surface area contributed by atoms with E-state index in [1.54, 1.807) is 0 Å². The molecule has 5 nitrogen and oxygen atoms in total. The Balaban J connectivity index is 2.49. The van der Waals surface area contributed by atoms with E-state index in [0.717, 1.165) is 32.4 Å². The molecule has 1 amide bonds. The smallest absolute Gasteiger partial charge is 0.410 e. The van der Waals surface area contributed by atoms with Crippen LogP contribution in [0.25, 0.3) is 0 Å². The van der Waals surface area contributed by atoms with Crippen LogP contribution in [0.15, 0.2) is 0 Å². The molecule has 1 N–H and O–H groups in total. The van der Waals surface area contributed by atoms with Gasteiger partial charge in [-0.2, -0.15) is 0 Å². The third-order valence-corrected chi connectivity index (χ3v) is 4.81. The van der Waals surface area contributed by atoms with Gasteiger partial charge in [0.25, 0.3) is 0 Å². The van der Waals surface area contributed by atoms with Crippen molar-refractivity contribution in [2.24, 2.45) is 5.92 Å². The Morgan fingerprint density at radius 3 is 2.44 bits per heavy atom. The number of nitrogens with zero attached hydrogens (tertiary/aromatic N) is 2. The highest BCUT2D eigenvalue weighted by Gasteiger charge is 2.32. The molecule has 0 spiro atoms. The lowest BCUT2D eigenvalue weighted by Gasteiger charge is -2.31. The normalized spacial score (nSPS) is 21.0. The van der Waals surface area contributed by atoms with Gasteiger partial charge in [-0.05, 0) is 73.4 Å². The SMILES string of the molecule is CC(C)CC(CNC(C)CC1CCCN1C(=O)OC(C)(C)C)N(C)C. The molecule has 5 heteroatoms. The lowest BCUT2D eigenvalue weighted by Crippen LogP contribution is -2.45. The Morgan fingerprint density at radius 1 is 1.28 bits per heavy atom. The first-order valence-electron chi connectivity index (χ1n) is 9.89. The number of rotatable bonds is 8. The van der Waals surface area contributed by atoms with E-state index in [2.05, 4.69) is 45.1 Å².